The summed E-state index contributed by atoms with van der Waals surface area (Å²) in [6.07, 6.45) is 7.27. The average Bonchev–Trinajstić information content (AvgIpc) is 2.90. The molecule has 11 nitrogen and oxygen atoms in total. The minimum absolute atomic E-state index is 0.0963. The zero-order valence-electron chi connectivity index (χ0n) is 20.4. The molecule has 4 heterocycles. The van der Waals surface area contributed by atoms with Crippen molar-refractivity contribution in [1.82, 2.24) is 19.8 Å². The van der Waals surface area contributed by atoms with Crippen LogP contribution < -0.4 is 4.90 Å². The number of nitrogens with zero attached hydrogens (tertiary/aromatic N) is 7. The summed E-state index contributed by atoms with van der Waals surface area (Å²) in [5, 5.41) is 20.5. The van der Waals surface area contributed by atoms with Crippen LogP contribution in [-0.4, -0.2) is 82.0 Å². The Labute approximate surface area is 214 Å². The molecule has 2 aliphatic heterocycles. The van der Waals surface area contributed by atoms with E-state index >= 15 is 0 Å². The van der Waals surface area contributed by atoms with Gasteiger partial charge in [0, 0.05) is 38.3 Å². The van der Waals surface area contributed by atoms with Gasteiger partial charge in [-0.25, -0.2) is 0 Å². The van der Waals surface area contributed by atoms with Gasteiger partial charge in [0.1, 0.15) is 0 Å². The summed E-state index contributed by atoms with van der Waals surface area (Å²) in [4.78, 5) is 34.0. The van der Waals surface area contributed by atoms with E-state index in [0.717, 1.165) is 42.9 Å². The number of piperidine rings is 1. The smallest absolute Gasteiger partial charge is 0.363 e. The second-order valence-electron chi connectivity index (χ2n) is 8.14. The van der Waals surface area contributed by atoms with Crippen molar-refractivity contribution in [2.75, 3.05) is 57.3 Å². The molecule has 4 rings (SSSR count). The predicted molar refractivity (Wildman–Crippen MR) is 140 cm³/mol. The van der Waals surface area contributed by atoms with Gasteiger partial charge in [-0.3, -0.25) is 0 Å². The SMILES string of the molecule is CCN1CCCCC1.CCN1CCN(c2ccc([N+](=O)[O-])nc2)CC1.O=[N+]([O-])c1ccc(Br)cn1. The summed E-state index contributed by atoms with van der Waals surface area (Å²) in [6, 6.07) is 6.14. The van der Waals surface area contributed by atoms with Gasteiger partial charge in [-0.15, -0.1) is 0 Å². The van der Waals surface area contributed by atoms with E-state index in [9.17, 15) is 20.2 Å². The average molecular weight is 552 g/mol. The van der Waals surface area contributed by atoms with Crippen molar-refractivity contribution in [2.24, 2.45) is 0 Å². The van der Waals surface area contributed by atoms with E-state index in [1.54, 1.807) is 18.3 Å². The van der Waals surface area contributed by atoms with E-state index in [1.165, 1.54) is 57.2 Å². The van der Waals surface area contributed by atoms with Gasteiger partial charge in [0.25, 0.3) is 0 Å². The van der Waals surface area contributed by atoms with Gasteiger partial charge in [0.05, 0.1) is 10.2 Å². The summed E-state index contributed by atoms with van der Waals surface area (Å²) in [6.45, 7) is 13.4. The zero-order chi connectivity index (χ0) is 25.6. The summed E-state index contributed by atoms with van der Waals surface area (Å²) in [7, 11) is 0. The molecule has 2 aromatic rings. The van der Waals surface area contributed by atoms with Crippen LogP contribution in [0.4, 0.5) is 17.3 Å². The lowest BCUT2D eigenvalue weighted by Crippen LogP contribution is -2.46. The monoisotopic (exact) mass is 551 g/mol. The number of hydrogen-bond acceptors (Lipinski definition) is 9. The van der Waals surface area contributed by atoms with E-state index in [2.05, 4.69) is 54.4 Å². The highest BCUT2D eigenvalue weighted by atomic mass is 79.9. The Bertz CT molecular complexity index is 901. The van der Waals surface area contributed by atoms with Crippen LogP contribution >= 0.6 is 15.9 Å². The molecular formula is C23H34BrN7O4. The van der Waals surface area contributed by atoms with Crippen LogP contribution in [0, 0.1) is 20.2 Å². The van der Waals surface area contributed by atoms with E-state index in [0.29, 0.717) is 0 Å². The van der Waals surface area contributed by atoms with Gasteiger partial charge in [0.2, 0.25) is 0 Å². The van der Waals surface area contributed by atoms with Crippen LogP contribution in [0.2, 0.25) is 0 Å². The summed E-state index contributed by atoms with van der Waals surface area (Å²) in [5.74, 6) is -0.232. The molecule has 0 aliphatic carbocycles. The second kappa shape index (κ2) is 15.3. The fourth-order valence-electron chi connectivity index (χ4n) is 3.75. The van der Waals surface area contributed by atoms with Gasteiger partial charge >= 0.3 is 11.6 Å². The number of hydrogen-bond donors (Lipinski definition) is 0. The second-order valence-corrected chi connectivity index (χ2v) is 9.06. The minimum Gasteiger partial charge on any atom is -0.366 e. The van der Waals surface area contributed by atoms with Gasteiger partial charge < -0.3 is 34.9 Å². The molecule has 0 N–H and O–H groups in total. The molecule has 0 unspecified atom stereocenters. The van der Waals surface area contributed by atoms with E-state index in [1.807, 2.05) is 0 Å². The van der Waals surface area contributed by atoms with E-state index in [-0.39, 0.29) is 11.6 Å². The molecule has 0 aromatic carbocycles. The van der Waals surface area contributed by atoms with Crippen LogP contribution in [0.3, 0.4) is 0 Å². The Morgan fingerprint density at radius 2 is 1.29 bits per heavy atom. The standard InChI is InChI=1S/C11H16N4O2.C7H15N.C5H3BrN2O2/c1-2-13-5-7-14(8-6-13)10-3-4-11(12-9-10)15(16)17;1-2-8-6-4-3-5-7-8;6-4-1-2-5(7-3-4)8(9)10/h3-4,9H,2,5-8H2,1H3;2-7H2,1H3;1-3H. The highest BCUT2D eigenvalue weighted by Crippen LogP contribution is 2.18. The fourth-order valence-corrected chi connectivity index (χ4v) is 3.98. The van der Waals surface area contributed by atoms with Crippen LogP contribution in [0.5, 0.6) is 0 Å². The van der Waals surface area contributed by atoms with Crippen LogP contribution in [0.15, 0.2) is 41.1 Å². The number of rotatable bonds is 5. The maximum Gasteiger partial charge on any atom is 0.363 e. The molecule has 12 heteroatoms. The molecule has 2 saturated heterocycles. The van der Waals surface area contributed by atoms with Crippen molar-refractivity contribution < 1.29 is 9.85 Å². The molecule has 0 saturated carbocycles. The lowest BCUT2D eigenvalue weighted by atomic mass is 10.1. The van der Waals surface area contributed by atoms with Crippen molar-refractivity contribution >= 4 is 33.3 Å². The molecule has 192 valence electrons. The Morgan fingerprint density at radius 1 is 0.771 bits per heavy atom. The van der Waals surface area contributed by atoms with Crippen molar-refractivity contribution in [2.45, 2.75) is 33.1 Å². The maximum atomic E-state index is 10.5. The van der Waals surface area contributed by atoms with Gasteiger partial charge in [-0.2, -0.15) is 0 Å². The maximum absolute atomic E-state index is 10.5. The Morgan fingerprint density at radius 3 is 1.69 bits per heavy atom. The first-order chi connectivity index (χ1) is 16.8. The van der Waals surface area contributed by atoms with Gasteiger partial charge in [0.15, 0.2) is 12.4 Å². The number of nitro groups is 2. The number of anilines is 1. The van der Waals surface area contributed by atoms with Crippen molar-refractivity contribution in [3.63, 3.8) is 0 Å². The summed E-state index contributed by atoms with van der Waals surface area (Å²) >= 11 is 3.11. The molecule has 2 fully saturated rings. The minimum atomic E-state index is -0.535. The first-order valence-electron chi connectivity index (χ1n) is 11.9. The zero-order valence-corrected chi connectivity index (χ0v) is 22.0. The molecule has 2 aromatic heterocycles. The van der Waals surface area contributed by atoms with Crippen LogP contribution in [-0.2, 0) is 0 Å². The van der Waals surface area contributed by atoms with Crippen LogP contribution in [0.1, 0.15) is 33.1 Å². The lowest BCUT2D eigenvalue weighted by molar-refractivity contribution is -0.389. The number of piperazine rings is 1. The van der Waals surface area contributed by atoms with E-state index < -0.39 is 9.85 Å². The Hall–Kier alpha value is -2.70. The van der Waals surface area contributed by atoms with E-state index in [4.69, 9.17) is 0 Å². The molecule has 0 bridgehead atoms. The molecule has 35 heavy (non-hydrogen) atoms. The first-order valence-corrected chi connectivity index (χ1v) is 12.7. The van der Waals surface area contributed by atoms with Gasteiger partial charge in [-0.1, -0.05) is 20.3 Å². The Balaban J connectivity index is 0.000000204. The first kappa shape index (κ1) is 28.5. The highest BCUT2D eigenvalue weighted by molar-refractivity contribution is 9.10. The normalized spacial score (nSPS) is 16.4. The van der Waals surface area contributed by atoms with Crippen molar-refractivity contribution in [3.05, 3.63) is 61.4 Å². The number of likely N-dealkylation sites (N-methyl/N-ethyl adjacent to an activating group) is 1. The number of aromatic nitrogens is 2. The predicted octanol–water partition coefficient (Wildman–Crippen LogP) is 4.38. The molecule has 0 spiro atoms. The van der Waals surface area contributed by atoms with Crippen molar-refractivity contribution in [3.8, 4) is 0 Å². The summed E-state index contributed by atoms with van der Waals surface area (Å²) < 4.78 is 0.734. The molecule has 0 radical (unpaired) electrons. The quantitative estimate of drug-likeness (QED) is 0.393. The fraction of sp³-hybridized carbons (Fsp3) is 0.565. The third-order valence-corrected chi connectivity index (χ3v) is 6.37. The molecular weight excluding hydrogens is 518 g/mol. The number of pyridine rings is 2. The lowest BCUT2D eigenvalue weighted by Gasteiger charge is -2.34. The molecule has 2 aliphatic rings. The third-order valence-electron chi connectivity index (χ3n) is 5.90. The summed E-state index contributed by atoms with van der Waals surface area (Å²) in [5.41, 5.74) is 0.964. The number of halogens is 1. The van der Waals surface area contributed by atoms with Crippen molar-refractivity contribution in [1.29, 1.82) is 0 Å². The molecule has 0 atom stereocenters. The third kappa shape index (κ3) is 10.2. The largest absolute Gasteiger partial charge is 0.366 e. The molecule has 0 amide bonds. The topological polar surface area (TPSA) is 122 Å². The van der Waals surface area contributed by atoms with Crippen LogP contribution in [0.25, 0.3) is 0 Å². The highest BCUT2D eigenvalue weighted by Gasteiger charge is 2.17. The Kier molecular flexibility index (Phi) is 12.5. The number of likely N-dealkylation sites (tertiary alicyclic amines) is 1. The van der Waals surface area contributed by atoms with Gasteiger partial charge in [-0.05, 0) is 86.9 Å².